The highest BCUT2D eigenvalue weighted by atomic mass is 35.5. The van der Waals surface area contributed by atoms with Crippen molar-refractivity contribution in [3.63, 3.8) is 0 Å². The van der Waals surface area contributed by atoms with Crippen molar-refractivity contribution in [2.24, 2.45) is 0 Å². The van der Waals surface area contributed by atoms with Crippen LogP contribution in [0.2, 0.25) is 5.02 Å². The second-order valence-corrected chi connectivity index (χ2v) is 4.77. The third-order valence-electron chi connectivity index (χ3n) is 2.64. The van der Waals surface area contributed by atoms with Crippen molar-refractivity contribution in [3.05, 3.63) is 58.9 Å². The van der Waals surface area contributed by atoms with Crippen LogP contribution >= 0.6 is 11.6 Å². The number of nitrogens with one attached hydrogen (secondary N) is 2. The second-order valence-electron chi connectivity index (χ2n) is 4.34. The van der Waals surface area contributed by atoms with Gasteiger partial charge in [0.05, 0.1) is 5.69 Å². The van der Waals surface area contributed by atoms with E-state index in [9.17, 15) is 14.0 Å². The highest BCUT2D eigenvalue weighted by molar-refractivity contribution is 6.30. The van der Waals surface area contributed by atoms with E-state index in [0.29, 0.717) is 16.3 Å². The van der Waals surface area contributed by atoms with Crippen LogP contribution in [0, 0.1) is 5.82 Å². The van der Waals surface area contributed by atoms with Crippen molar-refractivity contribution in [2.45, 2.75) is 6.92 Å². The molecule has 2 amide bonds. The molecule has 108 valence electrons. The van der Waals surface area contributed by atoms with Gasteiger partial charge in [0.2, 0.25) is 5.91 Å². The first kappa shape index (κ1) is 15.0. The smallest absolute Gasteiger partial charge is 0.255 e. The number of amides is 2. The predicted octanol–water partition coefficient (Wildman–Crippen LogP) is 3.69. The number of hydrogen-bond acceptors (Lipinski definition) is 2. The fourth-order valence-electron chi connectivity index (χ4n) is 1.70. The van der Waals surface area contributed by atoms with Gasteiger partial charge in [0.25, 0.3) is 5.91 Å². The summed E-state index contributed by atoms with van der Waals surface area (Å²) in [5.41, 5.74) is 0.736. The normalized spacial score (nSPS) is 10.0. The van der Waals surface area contributed by atoms with Gasteiger partial charge in [-0.05, 0) is 42.5 Å². The number of benzene rings is 2. The number of carbonyl (C=O) groups excluding carboxylic acids is 2. The molecule has 0 aliphatic carbocycles. The van der Waals surface area contributed by atoms with Crippen molar-refractivity contribution in [3.8, 4) is 0 Å². The molecule has 0 aromatic heterocycles. The number of hydrogen-bond donors (Lipinski definition) is 2. The molecule has 0 fully saturated rings. The molecule has 0 saturated heterocycles. The Labute approximate surface area is 125 Å². The molecule has 0 aliphatic heterocycles. The van der Waals surface area contributed by atoms with Gasteiger partial charge in [-0.2, -0.15) is 0 Å². The molecule has 2 rings (SSSR count). The van der Waals surface area contributed by atoms with Crippen LogP contribution in [0.15, 0.2) is 42.5 Å². The Morgan fingerprint density at radius 3 is 2.33 bits per heavy atom. The van der Waals surface area contributed by atoms with E-state index in [4.69, 9.17) is 11.6 Å². The maximum absolute atomic E-state index is 13.7. The van der Waals surface area contributed by atoms with E-state index in [-0.39, 0.29) is 11.6 Å². The summed E-state index contributed by atoms with van der Waals surface area (Å²) in [5, 5.41) is 5.47. The minimum Gasteiger partial charge on any atom is -0.326 e. The summed E-state index contributed by atoms with van der Waals surface area (Å²) in [6.07, 6.45) is 0. The van der Waals surface area contributed by atoms with Gasteiger partial charge in [0, 0.05) is 23.2 Å². The van der Waals surface area contributed by atoms with Crippen LogP contribution in [0.1, 0.15) is 17.3 Å². The molecule has 2 aromatic carbocycles. The van der Waals surface area contributed by atoms with Crippen LogP contribution < -0.4 is 10.6 Å². The third kappa shape index (κ3) is 4.03. The van der Waals surface area contributed by atoms with E-state index in [1.54, 1.807) is 12.1 Å². The third-order valence-corrected chi connectivity index (χ3v) is 2.89. The molecule has 6 heteroatoms. The van der Waals surface area contributed by atoms with Crippen molar-refractivity contribution in [1.29, 1.82) is 0 Å². The number of carbonyl (C=O) groups is 2. The molecule has 21 heavy (non-hydrogen) atoms. The Balaban J connectivity index is 2.20. The summed E-state index contributed by atoms with van der Waals surface area (Å²) < 4.78 is 13.7. The zero-order chi connectivity index (χ0) is 15.4. The fraction of sp³-hybridized carbons (Fsp3) is 0.0667. The molecule has 0 spiro atoms. The summed E-state index contributed by atoms with van der Waals surface area (Å²) in [7, 11) is 0. The topological polar surface area (TPSA) is 58.2 Å². The lowest BCUT2D eigenvalue weighted by Crippen LogP contribution is -2.13. The van der Waals surface area contributed by atoms with Gasteiger partial charge in [-0.15, -0.1) is 0 Å². The monoisotopic (exact) mass is 306 g/mol. The van der Waals surface area contributed by atoms with Crippen molar-refractivity contribution in [2.75, 3.05) is 10.6 Å². The predicted molar refractivity (Wildman–Crippen MR) is 80.1 cm³/mol. The van der Waals surface area contributed by atoms with Crippen LogP contribution in [0.4, 0.5) is 15.8 Å². The second kappa shape index (κ2) is 6.37. The lowest BCUT2D eigenvalue weighted by Gasteiger charge is -2.09. The molecule has 0 bridgehead atoms. The first-order valence-corrected chi connectivity index (χ1v) is 6.47. The van der Waals surface area contributed by atoms with Gasteiger partial charge < -0.3 is 10.6 Å². The fourth-order valence-corrected chi connectivity index (χ4v) is 1.82. The minimum atomic E-state index is -0.591. The van der Waals surface area contributed by atoms with E-state index < -0.39 is 11.7 Å². The average Bonchev–Trinajstić information content (AvgIpc) is 2.42. The van der Waals surface area contributed by atoms with Crippen molar-refractivity contribution >= 4 is 34.8 Å². The Morgan fingerprint density at radius 2 is 1.71 bits per heavy atom. The number of rotatable bonds is 3. The molecule has 2 N–H and O–H groups in total. The zero-order valence-corrected chi connectivity index (χ0v) is 11.9. The maximum Gasteiger partial charge on any atom is 0.255 e. The zero-order valence-electron chi connectivity index (χ0n) is 11.1. The van der Waals surface area contributed by atoms with Gasteiger partial charge >= 0.3 is 0 Å². The Hall–Kier alpha value is -2.40. The summed E-state index contributed by atoms with van der Waals surface area (Å²) in [4.78, 5) is 23.0. The van der Waals surface area contributed by atoms with Gasteiger partial charge in [-0.1, -0.05) is 11.6 Å². The molecule has 0 radical (unpaired) electrons. The molecule has 0 atom stereocenters. The van der Waals surface area contributed by atoms with Crippen LogP contribution in [-0.4, -0.2) is 11.8 Å². The van der Waals surface area contributed by atoms with E-state index in [1.807, 2.05) is 0 Å². The molecule has 0 unspecified atom stereocenters. The molecule has 2 aromatic rings. The Kier molecular flexibility index (Phi) is 4.55. The van der Waals surface area contributed by atoms with Crippen molar-refractivity contribution in [1.82, 2.24) is 0 Å². The first-order valence-electron chi connectivity index (χ1n) is 6.10. The molecule has 0 aliphatic rings. The number of halogens is 2. The Morgan fingerprint density at radius 1 is 1.05 bits per heavy atom. The van der Waals surface area contributed by atoms with Gasteiger partial charge in [0.1, 0.15) is 5.82 Å². The standard InChI is InChI=1S/C15H12ClFN2O2/c1-9(20)18-12-6-7-13(17)14(8-12)19-15(21)10-2-4-11(16)5-3-10/h2-8H,1H3,(H,18,20)(H,19,21). The largest absolute Gasteiger partial charge is 0.326 e. The number of anilines is 2. The van der Waals surface area contributed by atoms with Gasteiger partial charge in [-0.25, -0.2) is 4.39 Å². The summed E-state index contributed by atoms with van der Waals surface area (Å²) in [5.74, 6) is -1.34. The van der Waals surface area contributed by atoms with E-state index in [1.165, 1.54) is 37.3 Å². The molecule has 0 saturated carbocycles. The van der Waals surface area contributed by atoms with E-state index >= 15 is 0 Å². The lowest BCUT2D eigenvalue weighted by atomic mass is 10.2. The van der Waals surface area contributed by atoms with Crippen LogP contribution in [0.5, 0.6) is 0 Å². The lowest BCUT2D eigenvalue weighted by molar-refractivity contribution is -0.114. The maximum atomic E-state index is 13.7. The quantitative estimate of drug-likeness (QED) is 0.908. The summed E-state index contributed by atoms with van der Waals surface area (Å²) in [6, 6.07) is 10.1. The van der Waals surface area contributed by atoms with Crippen LogP contribution in [-0.2, 0) is 4.79 Å². The highest BCUT2D eigenvalue weighted by Gasteiger charge is 2.10. The average molecular weight is 307 g/mol. The summed E-state index contributed by atoms with van der Waals surface area (Å²) >= 11 is 5.74. The van der Waals surface area contributed by atoms with E-state index in [2.05, 4.69) is 10.6 Å². The molecule has 0 heterocycles. The van der Waals surface area contributed by atoms with Crippen LogP contribution in [0.25, 0.3) is 0 Å². The first-order chi connectivity index (χ1) is 9.95. The van der Waals surface area contributed by atoms with Crippen molar-refractivity contribution < 1.29 is 14.0 Å². The highest BCUT2D eigenvalue weighted by Crippen LogP contribution is 2.20. The SMILES string of the molecule is CC(=O)Nc1ccc(F)c(NC(=O)c2ccc(Cl)cc2)c1. The van der Waals surface area contributed by atoms with E-state index in [0.717, 1.165) is 0 Å². The van der Waals surface area contributed by atoms with Crippen LogP contribution in [0.3, 0.4) is 0 Å². The van der Waals surface area contributed by atoms with Gasteiger partial charge in [0.15, 0.2) is 0 Å². The minimum absolute atomic E-state index is 0.0128. The Bertz CT molecular complexity index is 687. The molecule has 4 nitrogen and oxygen atoms in total. The molecular formula is C15H12ClFN2O2. The van der Waals surface area contributed by atoms with Gasteiger partial charge in [-0.3, -0.25) is 9.59 Å². The molecular weight excluding hydrogens is 295 g/mol. The summed E-state index contributed by atoms with van der Waals surface area (Å²) in [6.45, 7) is 1.34.